The average Bonchev–Trinajstić information content (AvgIpc) is 2.67. The van der Waals surface area contributed by atoms with E-state index in [0.29, 0.717) is 36.1 Å². The molecule has 3 heteroatoms. The quantitative estimate of drug-likeness (QED) is 0.905. The van der Waals surface area contributed by atoms with Crippen molar-refractivity contribution in [3.63, 3.8) is 0 Å². The summed E-state index contributed by atoms with van der Waals surface area (Å²) in [6, 6.07) is 8.01. The summed E-state index contributed by atoms with van der Waals surface area (Å²) in [6.07, 6.45) is 3.27. The van der Waals surface area contributed by atoms with E-state index in [-0.39, 0.29) is 11.6 Å². The van der Waals surface area contributed by atoms with Gasteiger partial charge in [-0.05, 0) is 25.7 Å². The second kappa shape index (κ2) is 5.57. The van der Waals surface area contributed by atoms with Gasteiger partial charge in [-0.2, -0.15) is 0 Å². The van der Waals surface area contributed by atoms with Gasteiger partial charge in [-0.3, -0.25) is 9.59 Å². The van der Waals surface area contributed by atoms with E-state index in [0.717, 1.165) is 24.0 Å². The third-order valence-corrected chi connectivity index (χ3v) is 4.38. The second-order valence-corrected chi connectivity index (χ2v) is 6.26. The van der Waals surface area contributed by atoms with E-state index in [4.69, 9.17) is 0 Å². The first-order valence-electron chi connectivity index (χ1n) is 7.74. The maximum Gasteiger partial charge on any atom is 0.190 e. The smallest absolute Gasteiger partial charge is 0.190 e. The molecule has 2 aliphatic rings. The maximum absolute atomic E-state index is 12.6. The molecule has 0 saturated carbocycles. The lowest BCUT2D eigenvalue weighted by atomic mass is 9.82. The van der Waals surface area contributed by atoms with Crippen LogP contribution in [-0.4, -0.2) is 23.7 Å². The van der Waals surface area contributed by atoms with Crippen molar-refractivity contribution in [2.24, 2.45) is 0 Å². The number of hydrogen-bond donors (Lipinski definition) is 1. The van der Waals surface area contributed by atoms with Crippen molar-refractivity contribution >= 4 is 11.6 Å². The molecule has 0 saturated heterocycles. The van der Waals surface area contributed by atoms with Gasteiger partial charge in [-0.15, -0.1) is 0 Å². The number of hydrogen-bond acceptors (Lipinski definition) is 3. The van der Waals surface area contributed by atoms with E-state index >= 15 is 0 Å². The molecule has 0 radical (unpaired) electrons. The van der Waals surface area contributed by atoms with E-state index in [1.54, 1.807) is 12.1 Å². The number of rotatable bonds is 2. The van der Waals surface area contributed by atoms with Crippen molar-refractivity contribution in [1.82, 2.24) is 5.32 Å². The summed E-state index contributed by atoms with van der Waals surface area (Å²) in [6.45, 7) is 4.26. The molecule has 1 N–H and O–H groups in total. The average molecular weight is 283 g/mol. The summed E-state index contributed by atoms with van der Waals surface area (Å²) in [7, 11) is 0. The Bertz CT molecular complexity index is 579. The first-order chi connectivity index (χ1) is 10.1. The SMILES string of the molecule is CC(C)NC1CCC2=C(CC1)C(=O)c1ccccc1C2=O. The van der Waals surface area contributed by atoms with E-state index in [2.05, 4.69) is 19.2 Å². The predicted molar refractivity (Wildman–Crippen MR) is 82.7 cm³/mol. The molecular weight excluding hydrogens is 262 g/mol. The molecule has 3 nitrogen and oxygen atoms in total. The number of allylic oxidation sites excluding steroid dienone is 2. The van der Waals surface area contributed by atoms with E-state index in [1.165, 1.54) is 0 Å². The molecule has 0 unspecified atom stereocenters. The van der Waals surface area contributed by atoms with Crippen LogP contribution in [0.2, 0.25) is 0 Å². The Morgan fingerprint density at radius 1 is 0.952 bits per heavy atom. The highest BCUT2D eigenvalue weighted by Crippen LogP contribution is 2.34. The van der Waals surface area contributed by atoms with Crippen LogP contribution in [0.4, 0.5) is 0 Å². The van der Waals surface area contributed by atoms with Crippen LogP contribution in [0.15, 0.2) is 35.4 Å². The van der Waals surface area contributed by atoms with E-state index in [1.807, 2.05) is 12.1 Å². The molecule has 1 aromatic rings. The minimum Gasteiger partial charge on any atom is -0.312 e. The summed E-state index contributed by atoms with van der Waals surface area (Å²) >= 11 is 0. The Morgan fingerprint density at radius 3 is 1.86 bits per heavy atom. The fraction of sp³-hybridized carbons (Fsp3) is 0.444. The molecular formula is C18H21NO2. The van der Waals surface area contributed by atoms with Gasteiger partial charge in [-0.25, -0.2) is 0 Å². The van der Waals surface area contributed by atoms with Crippen LogP contribution in [0.1, 0.15) is 60.2 Å². The fourth-order valence-electron chi connectivity index (χ4n) is 3.43. The number of Topliss-reactive ketones (excluding diaryl/α,β-unsaturated/α-hetero) is 2. The monoisotopic (exact) mass is 283 g/mol. The maximum atomic E-state index is 12.6. The molecule has 1 aromatic carbocycles. The molecule has 0 heterocycles. The normalized spacial score (nSPS) is 19.6. The van der Waals surface area contributed by atoms with Crippen LogP contribution in [0.5, 0.6) is 0 Å². The zero-order valence-electron chi connectivity index (χ0n) is 12.6. The lowest BCUT2D eigenvalue weighted by Crippen LogP contribution is -2.34. The number of carbonyl (C=O) groups is 2. The van der Waals surface area contributed by atoms with Crippen LogP contribution in [0, 0.1) is 0 Å². The van der Waals surface area contributed by atoms with Gasteiger partial charge in [0.2, 0.25) is 0 Å². The predicted octanol–water partition coefficient (Wildman–Crippen LogP) is 3.30. The Hall–Kier alpha value is -1.74. The number of ketones is 2. The highest BCUT2D eigenvalue weighted by Gasteiger charge is 2.33. The third kappa shape index (κ3) is 2.58. The highest BCUT2D eigenvalue weighted by molar-refractivity contribution is 6.26. The second-order valence-electron chi connectivity index (χ2n) is 6.26. The van der Waals surface area contributed by atoms with E-state index < -0.39 is 0 Å². The Kier molecular flexibility index (Phi) is 3.77. The number of fused-ring (bicyclic) bond motifs is 1. The molecule has 3 rings (SSSR count). The van der Waals surface area contributed by atoms with Gasteiger partial charge in [0.1, 0.15) is 0 Å². The van der Waals surface area contributed by atoms with Crippen molar-refractivity contribution in [2.45, 2.75) is 51.6 Å². The topological polar surface area (TPSA) is 46.2 Å². The third-order valence-electron chi connectivity index (χ3n) is 4.38. The zero-order valence-corrected chi connectivity index (χ0v) is 12.6. The number of benzene rings is 1. The standard InChI is InChI=1S/C18H21NO2/c1-11(2)19-12-7-9-15-16(10-8-12)18(21)14-6-4-3-5-13(14)17(15)20/h3-6,11-12,19H,7-10H2,1-2H3. The lowest BCUT2D eigenvalue weighted by Gasteiger charge is -2.19. The molecule has 2 aliphatic carbocycles. The molecule has 0 bridgehead atoms. The van der Waals surface area contributed by atoms with Crippen LogP contribution in [0.25, 0.3) is 0 Å². The Morgan fingerprint density at radius 2 is 1.43 bits per heavy atom. The minimum atomic E-state index is 0.0606. The molecule has 0 aliphatic heterocycles. The first kappa shape index (κ1) is 14.2. The highest BCUT2D eigenvalue weighted by atomic mass is 16.1. The summed E-state index contributed by atoms with van der Waals surface area (Å²) in [4.78, 5) is 25.3. The lowest BCUT2D eigenvalue weighted by molar-refractivity contribution is 0.0970. The van der Waals surface area contributed by atoms with Gasteiger partial charge in [-0.1, -0.05) is 38.1 Å². The fourth-order valence-corrected chi connectivity index (χ4v) is 3.43. The molecule has 0 fully saturated rings. The van der Waals surface area contributed by atoms with Crippen molar-refractivity contribution in [3.8, 4) is 0 Å². The number of nitrogens with one attached hydrogen (secondary N) is 1. The zero-order chi connectivity index (χ0) is 15.0. The summed E-state index contributed by atoms with van der Waals surface area (Å²) in [5.74, 6) is 0.121. The molecule has 110 valence electrons. The first-order valence-corrected chi connectivity index (χ1v) is 7.74. The van der Waals surface area contributed by atoms with Crippen molar-refractivity contribution < 1.29 is 9.59 Å². The summed E-state index contributed by atoms with van der Waals surface area (Å²) in [5, 5.41) is 3.53. The van der Waals surface area contributed by atoms with Gasteiger partial charge < -0.3 is 5.32 Å². The van der Waals surface area contributed by atoms with Crippen LogP contribution >= 0.6 is 0 Å². The minimum absolute atomic E-state index is 0.0606. The van der Waals surface area contributed by atoms with Crippen molar-refractivity contribution in [1.29, 1.82) is 0 Å². The van der Waals surface area contributed by atoms with Gasteiger partial charge in [0.25, 0.3) is 0 Å². The summed E-state index contributed by atoms with van der Waals surface area (Å²) in [5.41, 5.74) is 2.67. The van der Waals surface area contributed by atoms with Crippen molar-refractivity contribution in [2.75, 3.05) is 0 Å². The number of carbonyl (C=O) groups excluding carboxylic acids is 2. The van der Waals surface area contributed by atoms with Gasteiger partial charge >= 0.3 is 0 Å². The van der Waals surface area contributed by atoms with Crippen LogP contribution in [0.3, 0.4) is 0 Å². The van der Waals surface area contributed by atoms with E-state index in [9.17, 15) is 9.59 Å². The summed E-state index contributed by atoms with van der Waals surface area (Å²) < 4.78 is 0. The van der Waals surface area contributed by atoms with Crippen LogP contribution < -0.4 is 5.32 Å². The van der Waals surface area contributed by atoms with Crippen molar-refractivity contribution in [3.05, 3.63) is 46.5 Å². The molecule has 0 spiro atoms. The Labute approximate surface area is 125 Å². The Balaban J connectivity index is 1.90. The largest absolute Gasteiger partial charge is 0.312 e. The van der Waals surface area contributed by atoms with Gasteiger partial charge in [0, 0.05) is 34.4 Å². The molecule has 21 heavy (non-hydrogen) atoms. The molecule has 0 amide bonds. The molecule has 0 aromatic heterocycles. The van der Waals surface area contributed by atoms with Gasteiger partial charge in [0.15, 0.2) is 11.6 Å². The van der Waals surface area contributed by atoms with Crippen LogP contribution in [-0.2, 0) is 0 Å². The molecule has 0 atom stereocenters. The van der Waals surface area contributed by atoms with Gasteiger partial charge in [0.05, 0.1) is 0 Å².